The van der Waals surface area contributed by atoms with E-state index in [1.165, 1.54) is 11.3 Å². The number of benzene rings is 1. The van der Waals surface area contributed by atoms with Crippen molar-refractivity contribution in [3.8, 4) is 0 Å². The van der Waals surface area contributed by atoms with Crippen molar-refractivity contribution in [2.24, 2.45) is 5.92 Å². The number of hydrogen-bond donors (Lipinski definition) is 0. The molecule has 1 aromatic carbocycles. The minimum Gasteiger partial charge on any atom is -0.494 e. The monoisotopic (exact) mass is 747 g/mol. The Morgan fingerprint density at radius 2 is 1.50 bits per heavy atom. The van der Waals surface area contributed by atoms with E-state index in [0.29, 0.717) is 29.5 Å². The smallest absolute Gasteiger partial charge is 0.229 e. The summed E-state index contributed by atoms with van der Waals surface area (Å²) < 4.78 is 6.13. The number of nitrogens with zero attached hydrogens (tertiary/aromatic N) is 3. The number of likely N-dealkylation sites (tertiary alicyclic amines) is 1. The molecule has 2 atom stereocenters. The fourth-order valence-corrected chi connectivity index (χ4v) is 7.16. The van der Waals surface area contributed by atoms with Gasteiger partial charge in [0.05, 0.1) is 28.4 Å². The maximum atomic E-state index is 13.3. The van der Waals surface area contributed by atoms with Gasteiger partial charge >= 0.3 is 0 Å². The molecule has 2 aliphatic heterocycles. The van der Waals surface area contributed by atoms with Crippen molar-refractivity contribution in [2.75, 3.05) is 44.2 Å². The lowest BCUT2D eigenvalue weighted by atomic mass is 9.85. The van der Waals surface area contributed by atoms with E-state index in [1.807, 2.05) is 30.4 Å². The van der Waals surface area contributed by atoms with E-state index in [0.717, 1.165) is 108 Å². The van der Waals surface area contributed by atoms with Crippen LogP contribution < -0.4 is 4.90 Å². The summed E-state index contributed by atoms with van der Waals surface area (Å²) in [6, 6.07) is 5.55. The third-order valence-corrected chi connectivity index (χ3v) is 10.5. The lowest BCUT2D eigenvalue weighted by Gasteiger charge is -2.39. The molecule has 0 spiro atoms. The van der Waals surface area contributed by atoms with Gasteiger partial charge in [0, 0.05) is 44.9 Å². The van der Waals surface area contributed by atoms with Gasteiger partial charge in [0.2, 0.25) is 11.8 Å². The second kappa shape index (κ2) is 24.1. The maximum absolute atomic E-state index is 13.3. The van der Waals surface area contributed by atoms with Gasteiger partial charge in [-0.15, -0.1) is 0 Å². The van der Waals surface area contributed by atoms with Crippen LogP contribution in [0.4, 0.5) is 5.69 Å². The predicted octanol–water partition coefficient (Wildman–Crippen LogP) is 10.8. The Kier molecular flexibility index (Phi) is 19.2. The number of carbonyl (C=O) groups excluding carboxylic acids is 2. The molecule has 2 unspecified atom stereocenters. The first-order chi connectivity index (χ1) is 25.5. The maximum Gasteiger partial charge on any atom is 0.229 e. The van der Waals surface area contributed by atoms with Crippen LogP contribution in [0.25, 0.3) is 0 Å². The highest BCUT2D eigenvalue weighted by molar-refractivity contribution is 6.43. The Labute approximate surface area is 323 Å². The Hall–Kier alpha value is -3.32. The molecule has 1 aliphatic carbocycles. The Balaban J connectivity index is 1.08. The number of allylic oxidation sites excluding steroid dienone is 11. The van der Waals surface area contributed by atoms with Gasteiger partial charge in [-0.2, -0.15) is 0 Å². The number of imide groups is 1. The molecular formula is C44H59Cl2N3O3. The normalized spacial score (nSPS) is 20.0. The number of halogens is 2. The van der Waals surface area contributed by atoms with Crippen molar-refractivity contribution in [2.45, 2.75) is 96.4 Å². The molecule has 0 N–H and O–H groups in total. The molecule has 8 heteroatoms. The Morgan fingerprint density at radius 1 is 0.846 bits per heavy atom. The number of amides is 2. The van der Waals surface area contributed by atoms with Crippen LogP contribution in [0, 0.1) is 5.92 Å². The largest absolute Gasteiger partial charge is 0.494 e. The highest BCUT2D eigenvalue weighted by atomic mass is 35.5. The zero-order chi connectivity index (χ0) is 36.8. The van der Waals surface area contributed by atoms with Gasteiger partial charge in [-0.25, -0.2) is 0 Å². The number of carbonyl (C=O) groups is 2. The van der Waals surface area contributed by atoms with E-state index >= 15 is 0 Å². The third-order valence-electron chi connectivity index (χ3n) is 9.73. The van der Waals surface area contributed by atoms with Crippen molar-refractivity contribution >= 4 is 40.7 Å². The van der Waals surface area contributed by atoms with Crippen LogP contribution in [0.5, 0.6) is 0 Å². The number of ether oxygens (including phenoxy) is 1. The molecule has 0 bridgehead atoms. The van der Waals surface area contributed by atoms with Crippen molar-refractivity contribution in [1.82, 2.24) is 9.80 Å². The fraction of sp³-hybridized carbons (Fsp3) is 0.500. The van der Waals surface area contributed by atoms with E-state index < -0.39 is 0 Å². The quantitative estimate of drug-likeness (QED) is 0.0926. The lowest BCUT2D eigenvalue weighted by Crippen LogP contribution is -2.51. The van der Waals surface area contributed by atoms with Crippen molar-refractivity contribution < 1.29 is 14.3 Å². The van der Waals surface area contributed by atoms with Crippen molar-refractivity contribution in [3.63, 3.8) is 0 Å². The van der Waals surface area contributed by atoms with E-state index in [-0.39, 0.29) is 23.8 Å². The molecule has 0 aromatic heterocycles. The number of fused-ring (bicyclic) bond motifs is 1. The summed E-state index contributed by atoms with van der Waals surface area (Å²) in [7, 11) is 0. The average Bonchev–Trinajstić information content (AvgIpc) is 3.15. The summed E-state index contributed by atoms with van der Waals surface area (Å²) in [5.41, 5.74) is 1.01. The van der Waals surface area contributed by atoms with Crippen LogP contribution in [-0.4, -0.2) is 67.0 Å². The molecule has 0 radical (unpaired) electrons. The van der Waals surface area contributed by atoms with E-state index in [9.17, 15) is 9.59 Å². The van der Waals surface area contributed by atoms with Crippen LogP contribution in [0.2, 0.25) is 10.0 Å². The summed E-state index contributed by atoms with van der Waals surface area (Å²) in [6.45, 7) is 7.66. The first kappa shape index (κ1) is 41.4. The van der Waals surface area contributed by atoms with E-state index in [1.54, 1.807) is 0 Å². The molecule has 282 valence electrons. The molecule has 2 amide bonds. The number of piperidine rings is 1. The molecule has 3 aliphatic rings. The van der Waals surface area contributed by atoms with Crippen LogP contribution in [0.15, 0.2) is 103 Å². The first-order valence-corrected chi connectivity index (χ1v) is 20.3. The molecule has 2 heterocycles. The number of unbranched alkanes of at least 4 members (excludes halogenated alkanes) is 3. The third kappa shape index (κ3) is 14.2. The second-order valence-corrected chi connectivity index (χ2v) is 14.5. The zero-order valence-electron chi connectivity index (χ0n) is 31.1. The summed E-state index contributed by atoms with van der Waals surface area (Å²) in [5, 5.41) is 1.22. The van der Waals surface area contributed by atoms with Crippen LogP contribution in [0.1, 0.15) is 90.4 Å². The van der Waals surface area contributed by atoms with Gasteiger partial charge in [-0.1, -0.05) is 109 Å². The molecule has 52 heavy (non-hydrogen) atoms. The fourth-order valence-electron chi connectivity index (χ4n) is 6.75. The van der Waals surface area contributed by atoms with Gasteiger partial charge in [-0.05, 0) is 95.0 Å². The second-order valence-electron chi connectivity index (χ2n) is 13.7. The molecule has 1 aromatic rings. The van der Waals surface area contributed by atoms with Gasteiger partial charge in [0.25, 0.3) is 0 Å². The lowest BCUT2D eigenvalue weighted by molar-refractivity contribution is -0.150. The summed E-state index contributed by atoms with van der Waals surface area (Å²) in [4.78, 5) is 32.5. The topological polar surface area (TPSA) is 53.1 Å². The minimum absolute atomic E-state index is 0.0693. The van der Waals surface area contributed by atoms with Gasteiger partial charge < -0.3 is 9.64 Å². The Bertz CT molecular complexity index is 1470. The number of piperazine rings is 1. The number of hydrogen-bond acceptors (Lipinski definition) is 5. The van der Waals surface area contributed by atoms with Crippen molar-refractivity contribution in [3.05, 3.63) is 113 Å². The number of anilines is 1. The minimum atomic E-state index is -0.253. The summed E-state index contributed by atoms with van der Waals surface area (Å²) in [5.74, 6) is 0.770. The van der Waals surface area contributed by atoms with E-state index in [2.05, 4.69) is 83.6 Å². The zero-order valence-corrected chi connectivity index (χ0v) is 32.7. The number of rotatable bonds is 21. The summed E-state index contributed by atoms with van der Waals surface area (Å²) in [6.07, 6.45) is 39.4. The average molecular weight is 749 g/mol. The molecule has 0 saturated carbocycles. The van der Waals surface area contributed by atoms with Crippen molar-refractivity contribution in [1.29, 1.82) is 0 Å². The molecule has 2 fully saturated rings. The van der Waals surface area contributed by atoms with Crippen LogP contribution >= 0.6 is 23.2 Å². The van der Waals surface area contributed by atoms with Gasteiger partial charge in [0.1, 0.15) is 5.76 Å². The highest BCUT2D eigenvalue weighted by Crippen LogP contribution is 2.34. The first-order valence-electron chi connectivity index (χ1n) is 19.5. The highest BCUT2D eigenvalue weighted by Gasteiger charge is 2.38. The molecule has 4 rings (SSSR count). The van der Waals surface area contributed by atoms with Gasteiger partial charge in [0.15, 0.2) is 0 Å². The van der Waals surface area contributed by atoms with Crippen LogP contribution in [0.3, 0.4) is 0 Å². The van der Waals surface area contributed by atoms with E-state index in [4.69, 9.17) is 27.9 Å². The van der Waals surface area contributed by atoms with Gasteiger partial charge in [-0.3, -0.25) is 19.4 Å². The predicted molar refractivity (Wildman–Crippen MR) is 219 cm³/mol. The summed E-state index contributed by atoms with van der Waals surface area (Å²) >= 11 is 12.6. The van der Waals surface area contributed by atoms with Crippen LogP contribution in [-0.2, 0) is 14.3 Å². The Morgan fingerprint density at radius 3 is 2.17 bits per heavy atom. The molecule has 2 saturated heterocycles. The SMILES string of the molecule is CCC/C=C\C/C=C\C/C=C\C/C=C\C/C=C\CCCC(=O)N1C(=O)CCC2C=CC(OCCCCN3CCN(c4cccc(Cl)c4Cl)CC3)=CC21. The standard InChI is InChI=1S/C44H59Cl2N3O3/c1-2-3-4-5-6-7-8-9-10-11-12-13-14-15-16-17-18-19-25-42(50)49-41-36-38(28-26-37(41)27-29-43(49)51)52-35-21-20-30-47-31-33-48(34-32-47)40-24-22-23-39(45)44(40)46/h4-5,7-8,10-11,13-14,16-17,22-24,26,28,36-37,41H,2-3,6,9,12,15,18-21,25,27,29-35H2,1H3/b5-4-,8-7-,11-10-,14-13-,17-16-. The molecular weight excluding hydrogens is 689 g/mol. The molecule has 6 nitrogen and oxygen atoms in total.